The SMILES string of the molecule is CCCCCCCCCCOc1c(F)cccc1C1=C2C=CC(=N2)C(c2ccc(Oc3ccc(N(C)C)cc3)cc2)=C2C=CC(=N2)C(c2ccc(Oc3ccc(N(C)C)cc3)cc2)=C2C=CC(=N2)C(c2ccc(Oc3ccc(N(C)C)cc3)cc2)=C2C=CC1=N2. The molecule has 0 amide bonds. The molecule has 11 nitrogen and oxygen atoms in total. The summed E-state index contributed by atoms with van der Waals surface area (Å²) in [6.07, 6.45) is 25.3. The van der Waals surface area contributed by atoms with Gasteiger partial charge in [-0.1, -0.05) is 100 Å². The zero-order chi connectivity index (χ0) is 62.1. The van der Waals surface area contributed by atoms with E-state index in [4.69, 9.17) is 38.9 Å². The van der Waals surface area contributed by atoms with Crippen molar-refractivity contribution in [3.8, 4) is 40.2 Å². The summed E-state index contributed by atoms with van der Waals surface area (Å²) in [6.45, 7) is 2.61. The molecule has 8 bridgehead atoms. The summed E-state index contributed by atoms with van der Waals surface area (Å²) in [5.74, 6) is 3.93. The number of rotatable bonds is 23. The lowest BCUT2D eigenvalue weighted by Crippen LogP contribution is -2.07. The van der Waals surface area contributed by atoms with Crippen LogP contribution in [0.2, 0.25) is 0 Å². The summed E-state index contributed by atoms with van der Waals surface area (Å²) >= 11 is 0. The van der Waals surface area contributed by atoms with Crippen molar-refractivity contribution in [3.63, 3.8) is 0 Å². The van der Waals surface area contributed by atoms with Gasteiger partial charge < -0.3 is 33.6 Å². The molecule has 0 atom stereocenters. The van der Waals surface area contributed by atoms with Gasteiger partial charge in [0.2, 0.25) is 0 Å². The number of para-hydroxylation sites is 1. The van der Waals surface area contributed by atoms with Crippen molar-refractivity contribution in [1.29, 1.82) is 0 Å². The van der Waals surface area contributed by atoms with Gasteiger partial charge >= 0.3 is 0 Å². The summed E-state index contributed by atoms with van der Waals surface area (Å²) in [4.78, 5) is 28.3. The molecule has 0 aromatic heterocycles. The molecule has 5 aliphatic rings. The van der Waals surface area contributed by atoms with E-state index in [1.807, 2.05) is 218 Å². The summed E-state index contributed by atoms with van der Waals surface area (Å²) in [6, 6.07) is 53.3. The number of anilines is 3. The Kier molecular flexibility index (Phi) is 18.2. The molecule has 90 heavy (non-hydrogen) atoms. The lowest BCUT2D eigenvalue weighted by molar-refractivity contribution is 0.289. The number of aliphatic imine (C=N–C) groups is 4. The molecule has 0 radical (unpaired) electrons. The van der Waals surface area contributed by atoms with Gasteiger partial charge in [0.15, 0.2) is 11.6 Å². The van der Waals surface area contributed by atoms with Crippen molar-refractivity contribution in [2.24, 2.45) is 20.0 Å². The number of unbranched alkanes of at least 4 members (excludes halogenated alkanes) is 7. The highest BCUT2D eigenvalue weighted by molar-refractivity contribution is 6.39. The van der Waals surface area contributed by atoms with Crippen LogP contribution in [-0.4, -0.2) is 71.7 Å². The van der Waals surface area contributed by atoms with Crippen LogP contribution in [-0.2, 0) is 0 Å². The smallest absolute Gasteiger partial charge is 0.165 e. The van der Waals surface area contributed by atoms with E-state index in [0.29, 0.717) is 80.6 Å². The maximum absolute atomic E-state index is 16.6. The Balaban J connectivity index is 0.997. The van der Waals surface area contributed by atoms with Crippen LogP contribution in [0.15, 0.2) is 255 Å². The van der Waals surface area contributed by atoms with E-state index in [-0.39, 0.29) is 5.75 Å². The van der Waals surface area contributed by atoms with E-state index in [0.717, 1.165) is 87.0 Å². The Morgan fingerprint density at radius 2 is 0.633 bits per heavy atom. The average molecular weight is 1190 g/mol. The van der Waals surface area contributed by atoms with Crippen molar-refractivity contribution >= 4 is 62.2 Å². The minimum Gasteiger partial charge on any atom is -0.490 e. The molecule has 12 heteroatoms. The second-order valence-corrected chi connectivity index (χ2v) is 23.3. The topological polar surface area (TPSA) is 96.1 Å². The summed E-state index contributed by atoms with van der Waals surface area (Å²) in [5.41, 5.74) is 14.7. The van der Waals surface area contributed by atoms with Crippen LogP contribution in [0, 0.1) is 5.82 Å². The molecule has 0 saturated heterocycles. The Hall–Kier alpha value is -10.3. The summed E-state index contributed by atoms with van der Waals surface area (Å²) in [5, 5.41) is 0. The van der Waals surface area contributed by atoms with E-state index >= 15 is 4.39 Å². The molecular formula is C78H74FN7O4. The van der Waals surface area contributed by atoms with Crippen molar-refractivity contribution in [2.45, 2.75) is 58.3 Å². The fourth-order valence-electron chi connectivity index (χ4n) is 11.4. The molecule has 0 unspecified atom stereocenters. The largest absolute Gasteiger partial charge is 0.490 e. The molecule has 12 rings (SSSR count). The van der Waals surface area contributed by atoms with Gasteiger partial charge in [-0.3, -0.25) is 0 Å². The van der Waals surface area contributed by atoms with Crippen LogP contribution in [0.4, 0.5) is 21.5 Å². The van der Waals surface area contributed by atoms with Crippen molar-refractivity contribution in [2.75, 3.05) is 63.6 Å². The van der Waals surface area contributed by atoms with E-state index in [9.17, 15) is 0 Å². The second kappa shape index (κ2) is 27.4. The first-order valence-corrected chi connectivity index (χ1v) is 31.1. The Morgan fingerprint density at radius 1 is 0.333 bits per heavy atom. The maximum atomic E-state index is 16.6. The lowest BCUT2D eigenvalue weighted by atomic mass is 9.97. The second-order valence-electron chi connectivity index (χ2n) is 23.3. The van der Waals surface area contributed by atoms with Gasteiger partial charge in [-0.25, -0.2) is 24.4 Å². The number of ether oxygens (including phenoxy) is 4. The van der Waals surface area contributed by atoms with Gasteiger partial charge in [0, 0.05) is 87.2 Å². The Labute approximate surface area is 528 Å². The van der Waals surface area contributed by atoms with E-state index in [2.05, 4.69) is 45.9 Å². The van der Waals surface area contributed by atoms with Crippen LogP contribution >= 0.6 is 0 Å². The number of nitrogens with zero attached hydrogens (tertiary/aromatic N) is 7. The maximum Gasteiger partial charge on any atom is 0.165 e. The van der Waals surface area contributed by atoms with Gasteiger partial charge in [-0.2, -0.15) is 0 Å². The van der Waals surface area contributed by atoms with Crippen LogP contribution in [0.1, 0.15) is 80.5 Å². The number of fused-ring (bicyclic) bond motifs is 4. The fourth-order valence-corrected chi connectivity index (χ4v) is 11.4. The van der Waals surface area contributed by atoms with Gasteiger partial charge in [0.05, 0.1) is 52.2 Å². The molecule has 452 valence electrons. The average Bonchev–Trinajstić information content (AvgIpc) is 1.72. The first-order chi connectivity index (χ1) is 43.9. The lowest BCUT2D eigenvalue weighted by Gasteiger charge is -2.16. The highest BCUT2D eigenvalue weighted by Gasteiger charge is 2.30. The quantitative estimate of drug-likeness (QED) is 0.0589. The highest BCUT2D eigenvalue weighted by atomic mass is 19.1. The minimum absolute atomic E-state index is 0.164. The third-order valence-corrected chi connectivity index (χ3v) is 16.3. The van der Waals surface area contributed by atoms with Crippen molar-refractivity contribution in [3.05, 3.63) is 263 Å². The van der Waals surface area contributed by atoms with Crippen LogP contribution < -0.4 is 33.6 Å². The van der Waals surface area contributed by atoms with E-state index in [1.165, 1.54) is 38.2 Å². The molecule has 0 saturated carbocycles. The summed E-state index contributed by atoms with van der Waals surface area (Å²) < 4.78 is 42.3. The van der Waals surface area contributed by atoms with Crippen LogP contribution in [0.25, 0.3) is 22.3 Å². The van der Waals surface area contributed by atoms with Crippen LogP contribution in [0.5, 0.6) is 40.2 Å². The van der Waals surface area contributed by atoms with Gasteiger partial charge in [0.1, 0.15) is 34.5 Å². The predicted octanol–water partition coefficient (Wildman–Crippen LogP) is 18.9. The third kappa shape index (κ3) is 13.7. The van der Waals surface area contributed by atoms with Gasteiger partial charge in [-0.05, 0) is 187 Å². The standard InChI is InChI=1S/C78H74FN7O4/c1-8-9-10-11-12-13-14-15-51-87-78-64(17-16-18-65(78)79)77-72-49-47-70(82-72)75(53-21-33-59(34-22-53)89-62-39-27-56(28-40-62)85(4)5)68-45-43-66(80-68)74(52-19-31-58(32-20-52)88-61-37-25-55(26-38-61)84(2)3)67-44-46-69(81-67)76(71-48-50-73(77)83-71)54-23-35-60(36-24-54)90-63-41-29-57(30-42-63)86(6)7/h16-50H,8-15,51H2,1-7H3. The van der Waals surface area contributed by atoms with Gasteiger partial charge in [-0.15, -0.1) is 0 Å². The predicted molar refractivity (Wildman–Crippen MR) is 370 cm³/mol. The zero-order valence-corrected chi connectivity index (χ0v) is 52.2. The van der Waals surface area contributed by atoms with E-state index in [1.54, 1.807) is 6.07 Å². The molecule has 0 fully saturated rings. The van der Waals surface area contributed by atoms with Crippen molar-refractivity contribution in [1.82, 2.24) is 0 Å². The number of halogens is 1. The molecule has 5 heterocycles. The molecule has 5 aliphatic heterocycles. The molecular weight excluding hydrogens is 1120 g/mol. The Bertz CT molecular complexity index is 4100. The fraction of sp³-hybridized carbons (Fsp3) is 0.205. The number of allylic oxidation sites excluding steroid dienone is 12. The minimum atomic E-state index is -0.456. The molecule has 0 aliphatic carbocycles. The molecule has 7 aromatic rings. The number of hydrogen-bond donors (Lipinski definition) is 0. The van der Waals surface area contributed by atoms with Gasteiger partial charge in [0.25, 0.3) is 0 Å². The number of hydrogen-bond acceptors (Lipinski definition) is 11. The zero-order valence-electron chi connectivity index (χ0n) is 52.2. The molecule has 0 N–H and O–H groups in total. The monoisotopic (exact) mass is 1190 g/mol. The highest BCUT2D eigenvalue weighted by Crippen LogP contribution is 2.42. The first-order valence-electron chi connectivity index (χ1n) is 31.1. The van der Waals surface area contributed by atoms with Crippen molar-refractivity contribution < 1.29 is 23.3 Å². The normalized spacial score (nSPS) is 14.8. The Morgan fingerprint density at radius 3 is 0.967 bits per heavy atom. The van der Waals surface area contributed by atoms with Crippen LogP contribution in [0.3, 0.4) is 0 Å². The molecule has 0 spiro atoms. The first kappa shape index (κ1) is 60.0. The number of benzene rings is 7. The van der Waals surface area contributed by atoms with E-state index < -0.39 is 5.82 Å². The summed E-state index contributed by atoms with van der Waals surface area (Å²) in [7, 11) is 12.1. The third-order valence-electron chi connectivity index (χ3n) is 16.3. The molecule has 7 aromatic carbocycles.